The predicted octanol–water partition coefficient (Wildman–Crippen LogP) is 4.13. The summed E-state index contributed by atoms with van der Waals surface area (Å²) in [5.74, 6) is 0.952. The molecular formula is C26H41IN6. The Morgan fingerprint density at radius 1 is 1.15 bits per heavy atom. The number of pyridine rings is 1. The van der Waals surface area contributed by atoms with Gasteiger partial charge in [-0.2, -0.15) is 0 Å². The summed E-state index contributed by atoms with van der Waals surface area (Å²) in [4.78, 5) is 14.2. The van der Waals surface area contributed by atoms with Gasteiger partial charge in [-0.25, -0.2) is 0 Å². The van der Waals surface area contributed by atoms with E-state index < -0.39 is 0 Å². The highest BCUT2D eigenvalue weighted by atomic mass is 127. The highest BCUT2D eigenvalue weighted by Gasteiger charge is 2.20. The van der Waals surface area contributed by atoms with Gasteiger partial charge < -0.3 is 10.6 Å². The molecule has 1 aromatic heterocycles. The molecule has 33 heavy (non-hydrogen) atoms. The molecule has 0 saturated carbocycles. The molecule has 0 aliphatic carbocycles. The van der Waals surface area contributed by atoms with Crippen molar-refractivity contribution >= 4 is 29.9 Å². The molecule has 6 nitrogen and oxygen atoms in total. The van der Waals surface area contributed by atoms with Crippen LogP contribution in [-0.2, 0) is 13.1 Å². The number of hydrogen-bond donors (Lipinski definition) is 2. The second-order valence-corrected chi connectivity index (χ2v) is 8.81. The summed E-state index contributed by atoms with van der Waals surface area (Å²) in [6.45, 7) is 10.2. The number of likely N-dealkylation sites (tertiary alicyclic amines) is 1. The summed E-state index contributed by atoms with van der Waals surface area (Å²) in [7, 11) is 2.20. The Morgan fingerprint density at radius 2 is 1.88 bits per heavy atom. The fourth-order valence-corrected chi connectivity index (χ4v) is 4.08. The minimum absolute atomic E-state index is 0. The molecule has 1 unspecified atom stereocenters. The van der Waals surface area contributed by atoms with Gasteiger partial charge in [0, 0.05) is 57.5 Å². The van der Waals surface area contributed by atoms with Crippen molar-refractivity contribution in [1.82, 2.24) is 25.4 Å². The molecule has 1 saturated heterocycles. The monoisotopic (exact) mass is 564 g/mol. The van der Waals surface area contributed by atoms with Crippen molar-refractivity contribution in [2.75, 3.05) is 33.2 Å². The predicted molar refractivity (Wildman–Crippen MR) is 149 cm³/mol. The molecule has 0 bridgehead atoms. The smallest absolute Gasteiger partial charge is 0.191 e. The lowest BCUT2D eigenvalue weighted by molar-refractivity contribution is 0.196. The fourth-order valence-electron chi connectivity index (χ4n) is 4.08. The summed E-state index contributed by atoms with van der Waals surface area (Å²) < 4.78 is 0. The highest BCUT2D eigenvalue weighted by Crippen LogP contribution is 2.13. The summed E-state index contributed by atoms with van der Waals surface area (Å²) in [5.41, 5.74) is 2.51. The molecular weight excluding hydrogens is 523 g/mol. The van der Waals surface area contributed by atoms with E-state index in [9.17, 15) is 0 Å². The fraction of sp³-hybridized carbons (Fsp3) is 0.538. The van der Waals surface area contributed by atoms with Gasteiger partial charge in [0.2, 0.25) is 0 Å². The van der Waals surface area contributed by atoms with Gasteiger partial charge >= 0.3 is 0 Å². The van der Waals surface area contributed by atoms with Gasteiger partial charge in [0.1, 0.15) is 0 Å². The Kier molecular flexibility index (Phi) is 12.7. The number of halogens is 1. The lowest BCUT2D eigenvalue weighted by atomic mass is 10.0. The zero-order valence-corrected chi connectivity index (χ0v) is 22.7. The topological polar surface area (TPSA) is 55.8 Å². The maximum Gasteiger partial charge on any atom is 0.191 e. The lowest BCUT2D eigenvalue weighted by Gasteiger charge is -2.33. The molecule has 1 atom stereocenters. The minimum Gasteiger partial charge on any atom is -0.357 e. The van der Waals surface area contributed by atoms with E-state index >= 15 is 0 Å². The number of benzene rings is 1. The average Bonchev–Trinajstić information content (AvgIpc) is 2.81. The lowest BCUT2D eigenvalue weighted by Crippen LogP contribution is -2.48. The van der Waals surface area contributed by atoms with Crippen LogP contribution in [0.5, 0.6) is 0 Å². The summed E-state index contributed by atoms with van der Waals surface area (Å²) >= 11 is 0. The molecule has 7 heteroatoms. The molecule has 0 amide bonds. The van der Waals surface area contributed by atoms with Gasteiger partial charge in [-0.15, -0.1) is 24.0 Å². The van der Waals surface area contributed by atoms with Gasteiger partial charge in [0.15, 0.2) is 5.96 Å². The third-order valence-electron chi connectivity index (χ3n) is 6.23. The third kappa shape index (κ3) is 9.98. The Bertz CT molecular complexity index is 793. The first-order valence-corrected chi connectivity index (χ1v) is 12.0. The maximum absolute atomic E-state index is 4.87. The van der Waals surface area contributed by atoms with Crippen LogP contribution in [-0.4, -0.2) is 66.1 Å². The van der Waals surface area contributed by atoms with Crippen molar-refractivity contribution in [2.24, 2.45) is 4.99 Å². The van der Waals surface area contributed by atoms with Crippen LogP contribution in [0.2, 0.25) is 0 Å². The van der Waals surface area contributed by atoms with E-state index in [1.807, 2.05) is 12.3 Å². The van der Waals surface area contributed by atoms with Crippen molar-refractivity contribution in [3.05, 3.63) is 66.0 Å². The Labute approximate surface area is 217 Å². The van der Waals surface area contributed by atoms with Crippen LogP contribution in [0.25, 0.3) is 0 Å². The first-order valence-electron chi connectivity index (χ1n) is 12.0. The van der Waals surface area contributed by atoms with Crippen LogP contribution in [0.1, 0.15) is 44.4 Å². The molecule has 182 valence electrons. The van der Waals surface area contributed by atoms with Crippen LogP contribution in [0, 0.1) is 0 Å². The van der Waals surface area contributed by atoms with Crippen molar-refractivity contribution in [2.45, 2.75) is 58.3 Å². The SMILES string of the molecule is CCNC(=NCCC(C)N(C)Cc1ccccc1)NC1CCN(Cc2ccccn2)CC1.I. The van der Waals surface area contributed by atoms with Crippen molar-refractivity contribution in [1.29, 1.82) is 0 Å². The molecule has 2 N–H and O–H groups in total. The number of guanidine groups is 1. The third-order valence-corrected chi connectivity index (χ3v) is 6.23. The van der Waals surface area contributed by atoms with Crippen LogP contribution in [0.15, 0.2) is 59.7 Å². The van der Waals surface area contributed by atoms with Crippen LogP contribution in [0.4, 0.5) is 0 Å². The first kappa shape index (κ1) is 27.5. The van der Waals surface area contributed by atoms with Crippen LogP contribution >= 0.6 is 24.0 Å². The van der Waals surface area contributed by atoms with Gasteiger partial charge in [0.05, 0.1) is 5.69 Å². The Hall–Kier alpha value is -1.71. The van der Waals surface area contributed by atoms with E-state index in [1.54, 1.807) is 0 Å². The van der Waals surface area contributed by atoms with Gasteiger partial charge in [-0.1, -0.05) is 36.4 Å². The van der Waals surface area contributed by atoms with E-state index in [1.165, 1.54) is 5.56 Å². The first-order chi connectivity index (χ1) is 15.6. The number of nitrogens with zero attached hydrogens (tertiary/aromatic N) is 4. The van der Waals surface area contributed by atoms with E-state index in [2.05, 4.69) is 88.8 Å². The van der Waals surface area contributed by atoms with Crippen molar-refractivity contribution < 1.29 is 0 Å². The second-order valence-electron chi connectivity index (χ2n) is 8.81. The van der Waals surface area contributed by atoms with Gasteiger partial charge in [-0.05, 0) is 57.9 Å². The van der Waals surface area contributed by atoms with E-state index in [4.69, 9.17) is 4.99 Å². The molecule has 1 fully saturated rings. The number of rotatable bonds is 10. The zero-order valence-electron chi connectivity index (χ0n) is 20.4. The maximum atomic E-state index is 4.87. The number of piperidine rings is 1. The summed E-state index contributed by atoms with van der Waals surface area (Å²) in [5, 5.41) is 7.09. The quantitative estimate of drug-likeness (QED) is 0.258. The summed E-state index contributed by atoms with van der Waals surface area (Å²) in [6, 6.07) is 17.8. The van der Waals surface area contributed by atoms with Crippen molar-refractivity contribution in [3.8, 4) is 0 Å². The highest BCUT2D eigenvalue weighted by molar-refractivity contribution is 14.0. The van der Waals surface area contributed by atoms with E-state index in [0.717, 1.165) is 70.2 Å². The number of aromatic nitrogens is 1. The molecule has 0 radical (unpaired) electrons. The average molecular weight is 565 g/mol. The van der Waals surface area contributed by atoms with Crippen LogP contribution < -0.4 is 10.6 Å². The Morgan fingerprint density at radius 3 is 2.55 bits per heavy atom. The molecule has 2 aromatic rings. The van der Waals surface area contributed by atoms with Crippen LogP contribution in [0.3, 0.4) is 0 Å². The van der Waals surface area contributed by atoms with Gasteiger partial charge in [0.25, 0.3) is 0 Å². The van der Waals surface area contributed by atoms with E-state index in [-0.39, 0.29) is 24.0 Å². The molecule has 1 aromatic carbocycles. The molecule has 1 aliphatic heterocycles. The number of nitrogens with one attached hydrogen (secondary N) is 2. The van der Waals surface area contributed by atoms with E-state index in [0.29, 0.717) is 12.1 Å². The molecule has 2 heterocycles. The largest absolute Gasteiger partial charge is 0.357 e. The number of hydrogen-bond acceptors (Lipinski definition) is 4. The second kappa shape index (κ2) is 15.2. The van der Waals surface area contributed by atoms with Gasteiger partial charge in [-0.3, -0.25) is 19.8 Å². The summed E-state index contributed by atoms with van der Waals surface area (Å²) in [6.07, 6.45) is 5.19. The minimum atomic E-state index is 0. The standard InChI is InChI=1S/C26H40N6.HI/c1-4-27-26(29-17-13-22(2)31(3)20-23-10-6-5-7-11-23)30-24-14-18-32(19-15-24)21-25-12-8-9-16-28-25;/h5-12,16,22,24H,4,13-15,17-21H2,1-3H3,(H2,27,29,30);1H. The molecule has 0 spiro atoms. The van der Waals surface area contributed by atoms with Crippen molar-refractivity contribution in [3.63, 3.8) is 0 Å². The number of aliphatic imine (C=N–C) groups is 1. The molecule has 1 aliphatic rings. The normalized spacial score (nSPS) is 16.3. The molecule has 3 rings (SSSR count). The Balaban J connectivity index is 0.00000385. The zero-order chi connectivity index (χ0) is 22.6.